The van der Waals surface area contributed by atoms with Crippen LogP contribution < -0.4 is 15.0 Å². The van der Waals surface area contributed by atoms with Gasteiger partial charge >= 0.3 is 0 Å². The standard InChI is InChI=1S/C20H22N2O6S/c1-13-5-8-22(15-3-4-16-17(9-15)28-12-27-16)20(24)18(13)19(23)21-7-6-14(10-21)11-29(2,25)26/h3-5,8-9,14H,6-7,10-12H2,1-2H3. The molecule has 1 aromatic heterocycles. The molecule has 1 atom stereocenters. The van der Waals surface area contributed by atoms with Gasteiger partial charge in [0.25, 0.3) is 11.5 Å². The lowest BCUT2D eigenvalue weighted by molar-refractivity contribution is 0.0785. The second-order valence-electron chi connectivity index (χ2n) is 7.58. The van der Waals surface area contributed by atoms with Crippen LogP contribution in [0, 0.1) is 12.8 Å². The first-order valence-corrected chi connectivity index (χ1v) is 11.4. The second kappa shape index (κ2) is 7.22. The van der Waals surface area contributed by atoms with Gasteiger partial charge in [-0.15, -0.1) is 0 Å². The lowest BCUT2D eigenvalue weighted by Crippen LogP contribution is -2.36. The van der Waals surface area contributed by atoms with Gasteiger partial charge in [-0.3, -0.25) is 14.2 Å². The fraction of sp³-hybridized carbons (Fsp3) is 0.400. The third-order valence-electron chi connectivity index (χ3n) is 5.26. The van der Waals surface area contributed by atoms with E-state index in [4.69, 9.17) is 9.47 Å². The number of aromatic nitrogens is 1. The summed E-state index contributed by atoms with van der Waals surface area (Å²) in [7, 11) is -3.11. The molecule has 1 unspecified atom stereocenters. The van der Waals surface area contributed by atoms with Gasteiger partial charge in [0.2, 0.25) is 6.79 Å². The zero-order valence-corrected chi connectivity index (χ0v) is 17.1. The van der Waals surface area contributed by atoms with Crippen LogP contribution in [0.1, 0.15) is 22.3 Å². The summed E-state index contributed by atoms with van der Waals surface area (Å²) in [6.07, 6.45) is 3.44. The van der Waals surface area contributed by atoms with Crippen molar-refractivity contribution in [1.82, 2.24) is 9.47 Å². The average molecular weight is 418 g/mol. The van der Waals surface area contributed by atoms with E-state index in [2.05, 4.69) is 0 Å². The quantitative estimate of drug-likeness (QED) is 0.745. The molecule has 0 radical (unpaired) electrons. The molecule has 0 aliphatic carbocycles. The number of sulfone groups is 1. The molecule has 1 amide bonds. The van der Waals surface area contributed by atoms with Gasteiger partial charge in [0, 0.05) is 31.6 Å². The number of nitrogens with zero attached hydrogens (tertiary/aromatic N) is 2. The predicted molar refractivity (Wildman–Crippen MR) is 107 cm³/mol. The Morgan fingerprint density at radius 1 is 1.21 bits per heavy atom. The summed E-state index contributed by atoms with van der Waals surface area (Å²) >= 11 is 0. The summed E-state index contributed by atoms with van der Waals surface area (Å²) < 4.78 is 35.2. The highest BCUT2D eigenvalue weighted by Gasteiger charge is 2.31. The molecule has 0 spiro atoms. The van der Waals surface area contributed by atoms with E-state index >= 15 is 0 Å². The van der Waals surface area contributed by atoms with E-state index in [1.807, 2.05) is 0 Å². The Labute approximate surface area is 168 Å². The SMILES string of the molecule is Cc1ccn(-c2ccc3c(c2)OCO3)c(=O)c1C(=O)N1CCC(CS(C)(=O)=O)C1. The van der Waals surface area contributed by atoms with Gasteiger partial charge in [-0.25, -0.2) is 8.42 Å². The van der Waals surface area contributed by atoms with E-state index < -0.39 is 15.4 Å². The number of likely N-dealkylation sites (tertiary alicyclic amines) is 1. The number of ether oxygens (including phenoxy) is 2. The van der Waals surface area contributed by atoms with E-state index in [0.29, 0.717) is 42.3 Å². The topological polar surface area (TPSA) is 94.9 Å². The minimum atomic E-state index is -3.11. The highest BCUT2D eigenvalue weighted by molar-refractivity contribution is 7.90. The van der Waals surface area contributed by atoms with E-state index in [-0.39, 0.29) is 29.9 Å². The van der Waals surface area contributed by atoms with Crippen molar-refractivity contribution in [2.75, 3.05) is 31.9 Å². The van der Waals surface area contributed by atoms with Gasteiger partial charge in [0.05, 0.1) is 11.4 Å². The number of hydrogen-bond acceptors (Lipinski definition) is 6. The van der Waals surface area contributed by atoms with Crippen molar-refractivity contribution in [2.24, 2.45) is 5.92 Å². The van der Waals surface area contributed by atoms with Gasteiger partial charge < -0.3 is 14.4 Å². The minimum absolute atomic E-state index is 0.0476. The summed E-state index contributed by atoms with van der Waals surface area (Å²) in [6, 6.07) is 6.88. The first kappa shape index (κ1) is 19.5. The monoisotopic (exact) mass is 418 g/mol. The molecule has 8 nitrogen and oxygen atoms in total. The van der Waals surface area contributed by atoms with Gasteiger partial charge in [-0.1, -0.05) is 0 Å². The maximum atomic E-state index is 13.1. The number of carbonyl (C=O) groups is 1. The van der Waals surface area contributed by atoms with Crippen LogP contribution in [0.5, 0.6) is 11.5 Å². The number of rotatable bonds is 4. The Balaban J connectivity index is 1.64. The Hall–Kier alpha value is -2.81. The van der Waals surface area contributed by atoms with Gasteiger partial charge in [-0.2, -0.15) is 0 Å². The number of amides is 1. The smallest absolute Gasteiger partial charge is 0.268 e. The molecular formula is C20H22N2O6S. The molecule has 2 aromatic rings. The molecule has 1 fully saturated rings. The van der Waals surface area contributed by atoms with Gasteiger partial charge in [0.15, 0.2) is 11.5 Å². The molecule has 0 N–H and O–H groups in total. The van der Waals surface area contributed by atoms with E-state index in [1.54, 1.807) is 42.3 Å². The van der Waals surface area contributed by atoms with Crippen molar-refractivity contribution < 1.29 is 22.7 Å². The summed E-state index contributed by atoms with van der Waals surface area (Å²) in [6.45, 7) is 2.64. The second-order valence-corrected chi connectivity index (χ2v) is 9.77. The molecule has 1 saturated heterocycles. The van der Waals surface area contributed by atoms with E-state index in [9.17, 15) is 18.0 Å². The average Bonchev–Trinajstić information content (AvgIpc) is 3.29. The normalized spacial score (nSPS) is 18.3. The van der Waals surface area contributed by atoms with Crippen LogP contribution >= 0.6 is 0 Å². The predicted octanol–water partition coefficient (Wildman–Crippen LogP) is 1.38. The van der Waals surface area contributed by atoms with Crippen LogP contribution in [0.3, 0.4) is 0 Å². The zero-order valence-electron chi connectivity index (χ0n) is 16.3. The Morgan fingerprint density at radius 3 is 2.72 bits per heavy atom. The highest BCUT2D eigenvalue weighted by atomic mass is 32.2. The van der Waals surface area contributed by atoms with Crippen molar-refractivity contribution in [1.29, 1.82) is 0 Å². The van der Waals surface area contributed by atoms with Crippen LogP contribution in [-0.4, -0.2) is 55.7 Å². The third kappa shape index (κ3) is 3.87. The Morgan fingerprint density at radius 2 is 1.97 bits per heavy atom. The van der Waals surface area contributed by atoms with Crippen molar-refractivity contribution in [3.8, 4) is 17.2 Å². The summed E-state index contributed by atoms with van der Waals surface area (Å²) in [4.78, 5) is 27.8. The number of fused-ring (bicyclic) bond motifs is 1. The van der Waals surface area contributed by atoms with Crippen molar-refractivity contribution in [2.45, 2.75) is 13.3 Å². The molecule has 0 bridgehead atoms. The number of pyridine rings is 1. The van der Waals surface area contributed by atoms with Gasteiger partial charge in [-0.05, 0) is 43.0 Å². The fourth-order valence-electron chi connectivity index (χ4n) is 3.86. The van der Waals surface area contributed by atoms with Crippen LogP contribution in [0.2, 0.25) is 0 Å². The Bertz CT molecular complexity index is 1140. The van der Waals surface area contributed by atoms with Crippen molar-refractivity contribution in [3.05, 3.63) is 51.9 Å². The lowest BCUT2D eigenvalue weighted by Gasteiger charge is -2.18. The van der Waals surface area contributed by atoms with E-state index in [1.165, 1.54) is 10.8 Å². The Kier molecular flexibility index (Phi) is 4.85. The zero-order chi connectivity index (χ0) is 20.8. The molecule has 2 aliphatic rings. The van der Waals surface area contributed by atoms with Crippen molar-refractivity contribution in [3.63, 3.8) is 0 Å². The number of hydrogen-bond donors (Lipinski definition) is 0. The lowest BCUT2D eigenvalue weighted by atomic mass is 10.1. The maximum Gasteiger partial charge on any atom is 0.268 e. The first-order chi connectivity index (χ1) is 13.7. The first-order valence-electron chi connectivity index (χ1n) is 9.32. The summed E-state index contributed by atoms with van der Waals surface area (Å²) in [5, 5.41) is 0. The number of carbonyl (C=O) groups excluding carboxylic acids is 1. The maximum absolute atomic E-state index is 13.1. The molecule has 0 saturated carbocycles. The molecular weight excluding hydrogens is 396 g/mol. The van der Waals surface area contributed by atoms with Crippen LogP contribution in [0.25, 0.3) is 5.69 Å². The molecule has 9 heteroatoms. The highest BCUT2D eigenvalue weighted by Crippen LogP contribution is 2.33. The fourth-order valence-corrected chi connectivity index (χ4v) is 4.99. The molecule has 4 rings (SSSR count). The third-order valence-corrected chi connectivity index (χ3v) is 6.34. The molecule has 29 heavy (non-hydrogen) atoms. The van der Waals surface area contributed by atoms with Crippen LogP contribution in [-0.2, 0) is 9.84 Å². The largest absolute Gasteiger partial charge is 0.454 e. The van der Waals surface area contributed by atoms with E-state index in [0.717, 1.165) is 0 Å². The van der Waals surface area contributed by atoms with Gasteiger partial charge in [0.1, 0.15) is 15.4 Å². The van der Waals surface area contributed by atoms with Crippen molar-refractivity contribution >= 4 is 15.7 Å². The molecule has 3 heterocycles. The minimum Gasteiger partial charge on any atom is -0.454 e. The molecule has 1 aromatic carbocycles. The summed E-state index contributed by atoms with van der Waals surface area (Å²) in [5.74, 6) is 0.740. The summed E-state index contributed by atoms with van der Waals surface area (Å²) in [5.41, 5.74) is 0.846. The number of aryl methyl sites for hydroxylation is 1. The van der Waals surface area contributed by atoms with Crippen LogP contribution in [0.4, 0.5) is 0 Å². The number of benzene rings is 1. The molecule has 2 aliphatic heterocycles. The van der Waals surface area contributed by atoms with Crippen LogP contribution in [0.15, 0.2) is 35.3 Å². The molecule has 154 valence electrons.